The first-order valence-electron chi connectivity index (χ1n) is 7.18. The number of hydrogen-bond acceptors (Lipinski definition) is 1. The molecule has 0 spiro atoms. The van der Waals surface area contributed by atoms with E-state index in [-0.39, 0.29) is 11.9 Å². The van der Waals surface area contributed by atoms with Crippen molar-refractivity contribution in [2.75, 3.05) is 6.54 Å². The number of halogens is 1. The molecule has 1 saturated carbocycles. The summed E-state index contributed by atoms with van der Waals surface area (Å²) in [5, 5.41) is 3.55. The number of nitrogens with one attached hydrogen (secondary N) is 1. The van der Waals surface area contributed by atoms with Gasteiger partial charge < -0.3 is 5.32 Å². The van der Waals surface area contributed by atoms with Crippen molar-refractivity contribution in [3.63, 3.8) is 0 Å². The monoisotopic (exact) mass is 249 g/mol. The molecule has 1 aromatic carbocycles. The molecule has 2 rings (SSSR count). The maximum absolute atomic E-state index is 13.7. The van der Waals surface area contributed by atoms with E-state index in [1.165, 1.54) is 19.3 Å². The van der Waals surface area contributed by atoms with E-state index in [0.29, 0.717) is 0 Å². The van der Waals surface area contributed by atoms with Crippen LogP contribution in [0.15, 0.2) is 24.3 Å². The first-order chi connectivity index (χ1) is 8.70. The molecule has 0 bridgehead atoms. The van der Waals surface area contributed by atoms with Crippen LogP contribution in [0.4, 0.5) is 4.39 Å². The number of benzene rings is 1. The minimum Gasteiger partial charge on any atom is -0.310 e. The molecule has 1 aliphatic rings. The highest BCUT2D eigenvalue weighted by molar-refractivity contribution is 5.21. The standard InChI is InChI=1S/C16H24FN/c1-3-16(14-6-4-5-7-15(14)17)18-11-13-9-8-12(2)10-13/h4-7,12-13,16,18H,3,8-11H2,1-2H3. The van der Waals surface area contributed by atoms with E-state index in [9.17, 15) is 4.39 Å². The molecule has 0 radical (unpaired) electrons. The summed E-state index contributed by atoms with van der Waals surface area (Å²) in [7, 11) is 0. The molecule has 0 aromatic heterocycles. The predicted molar refractivity (Wildman–Crippen MR) is 73.9 cm³/mol. The molecule has 0 heterocycles. The second kappa shape index (κ2) is 6.33. The van der Waals surface area contributed by atoms with Crippen molar-refractivity contribution in [2.45, 2.75) is 45.6 Å². The summed E-state index contributed by atoms with van der Waals surface area (Å²) in [6.07, 6.45) is 4.93. The summed E-state index contributed by atoms with van der Waals surface area (Å²) in [6.45, 7) is 5.47. The molecular weight excluding hydrogens is 225 g/mol. The van der Waals surface area contributed by atoms with Crippen LogP contribution in [0.25, 0.3) is 0 Å². The van der Waals surface area contributed by atoms with Crippen LogP contribution in [0, 0.1) is 17.7 Å². The van der Waals surface area contributed by atoms with Crippen molar-refractivity contribution >= 4 is 0 Å². The fourth-order valence-corrected chi connectivity index (χ4v) is 3.05. The average molecular weight is 249 g/mol. The van der Waals surface area contributed by atoms with Gasteiger partial charge in [0.25, 0.3) is 0 Å². The van der Waals surface area contributed by atoms with E-state index >= 15 is 0 Å². The number of rotatable bonds is 5. The van der Waals surface area contributed by atoms with Crippen LogP contribution < -0.4 is 5.32 Å². The molecule has 1 nitrogen and oxygen atoms in total. The summed E-state index contributed by atoms with van der Waals surface area (Å²) in [6, 6.07) is 7.28. The molecular formula is C16H24FN. The molecule has 3 unspecified atom stereocenters. The Morgan fingerprint density at radius 3 is 2.72 bits per heavy atom. The van der Waals surface area contributed by atoms with Crippen LogP contribution in [0.2, 0.25) is 0 Å². The average Bonchev–Trinajstić information content (AvgIpc) is 2.78. The van der Waals surface area contributed by atoms with Gasteiger partial charge in [-0.3, -0.25) is 0 Å². The largest absolute Gasteiger partial charge is 0.310 e. The quantitative estimate of drug-likeness (QED) is 0.820. The molecule has 100 valence electrons. The van der Waals surface area contributed by atoms with Crippen LogP contribution in [-0.2, 0) is 0 Å². The van der Waals surface area contributed by atoms with Crippen LogP contribution in [0.3, 0.4) is 0 Å². The minimum atomic E-state index is -0.0864. The van der Waals surface area contributed by atoms with Gasteiger partial charge in [-0.05, 0) is 43.7 Å². The molecule has 0 aliphatic heterocycles. The molecule has 1 aliphatic carbocycles. The lowest BCUT2D eigenvalue weighted by molar-refractivity contribution is 0.413. The van der Waals surface area contributed by atoms with Gasteiger partial charge in [0.1, 0.15) is 5.82 Å². The summed E-state index contributed by atoms with van der Waals surface area (Å²) in [4.78, 5) is 0. The zero-order valence-corrected chi connectivity index (χ0v) is 11.5. The fourth-order valence-electron chi connectivity index (χ4n) is 3.05. The first-order valence-corrected chi connectivity index (χ1v) is 7.18. The van der Waals surface area contributed by atoms with Gasteiger partial charge in [0.05, 0.1) is 0 Å². The fraction of sp³-hybridized carbons (Fsp3) is 0.625. The van der Waals surface area contributed by atoms with Gasteiger partial charge in [0, 0.05) is 11.6 Å². The Hall–Kier alpha value is -0.890. The summed E-state index contributed by atoms with van der Waals surface area (Å²) >= 11 is 0. The van der Waals surface area contributed by atoms with Crippen LogP contribution in [0.1, 0.15) is 51.1 Å². The zero-order chi connectivity index (χ0) is 13.0. The lowest BCUT2D eigenvalue weighted by atomic mass is 10.0. The van der Waals surface area contributed by atoms with E-state index in [2.05, 4.69) is 19.2 Å². The third-order valence-corrected chi connectivity index (χ3v) is 4.15. The highest BCUT2D eigenvalue weighted by Crippen LogP contribution is 2.30. The maximum atomic E-state index is 13.7. The molecule has 1 fully saturated rings. The van der Waals surface area contributed by atoms with Crippen molar-refractivity contribution in [2.24, 2.45) is 11.8 Å². The summed E-state index contributed by atoms with van der Waals surface area (Å²) in [5.74, 6) is 1.56. The van der Waals surface area contributed by atoms with Crippen LogP contribution >= 0.6 is 0 Å². The van der Waals surface area contributed by atoms with E-state index in [4.69, 9.17) is 0 Å². The van der Waals surface area contributed by atoms with Crippen LogP contribution in [-0.4, -0.2) is 6.54 Å². The Balaban J connectivity index is 1.92. The second-order valence-electron chi connectivity index (χ2n) is 5.67. The maximum Gasteiger partial charge on any atom is 0.127 e. The molecule has 18 heavy (non-hydrogen) atoms. The van der Waals surface area contributed by atoms with Gasteiger partial charge in [-0.25, -0.2) is 4.39 Å². The summed E-state index contributed by atoms with van der Waals surface area (Å²) < 4.78 is 13.7. The van der Waals surface area contributed by atoms with Crippen molar-refractivity contribution in [3.8, 4) is 0 Å². The Labute approximate surface area is 110 Å². The predicted octanol–water partition coefficient (Wildman–Crippen LogP) is 4.30. The molecule has 0 amide bonds. The van der Waals surface area contributed by atoms with E-state index < -0.39 is 0 Å². The van der Waals surface area contributed by atoms with Gasteiger partial charge in [-0.2, -0.15) is 0 Å². The normalized spacial score (nSPS) is 25.3. The van der Waals surface area contributed by atoms with Crippen molar-refractivity contribution in [1.82, 2.24) is 5.32 Å². The molecule has 1 aromatic rings. The highest BCUT2D eigenvalue weighted by Gasteiger charge is 2.22. The smallest absolute Gasteiger partial charge is 0.127 e. The molecule has 3 atom stereocenters. The first kappa shape index (κ1) is 13.5. The van der Waals surface area contributed by atoms with Crippen molar-refractivity contribution in [3.05, 3.63) is 35.6 Å². The zero-order valence-electron chi connectivity index (χ0n) is 11.5. The SMILES string of the molecule is CCC(NCC1CCC(C)C1)c1ccccc1F. The third kappa shape index (κ3) is 3.32. The van der Waals surface area contributed by atoms with Crippen LogP contribution in [0.5, 0.6) is 0 Å². The van der Waals surface area contributed by atoms with Gasteiger partial charge in [0.2, 0.25) is 0 Å². The minimum absolute atomic E-state index is 0.0864. The molecule has 0 saturated heterocycles. The van der Waals surface area contributed by atoms with Gasteiger partial charge >= 0.3 is 0 Å². The van der Waals surface area contributed by atoms with E-state index in [0.717, 1.165) is 30.4 Å². The van der Waals surface area contributed by atoms with Gasteiger partial charge in [-0.1, -0.05) is 38.5 Å². The van der Waals surface area contributed by atoms with Gasteiger partial charge in [0.15, 0.2) is 0 Å². The number of hydrogen-bond donors (Lipinski definition) is 1. The highest BCUT2D eigenvalue weighted by atomic mass is 19.1. The second-order valence-corrected chi connectivity index (χ2v) is 5.67. The Morgan fingerprint density at radius 2 is 2.11 bits per heavy atom. The Bertz CT molecular complexity index is 377. The topological polar surface area (TPSA) is 12.0 Å². The van der Waals surface area contributed by atoms with Crippen molar-refractivity contribution in [1.29, 1.82) is 0 Å². The van der Waals surface area contributed by atoms with Gasteiger partial charge in [-0.15, -0.1) is 0 Å². The van der Waals surface area contributed by atoms with Crippen molar-refractivity contribution < 1.29 is 4.39 Å². The molecule has 2 heteroatoms. The van der Waals surface area contributed by atoms with E-state index in [1.54, 1.807) is 12.1 Å². The Kier molecular flexibility index (Phi) is 4.76. The lowest BCUT2D eigenvalue weighted by Gasteiger charge is -2.20. The van der Waals surface area contributed by atoms with E-state index in [1.807, 2.05) is 12.1 Å². The Morgan fingerprint density at radius 1 is 1.33 bits per heavy atom. The lowest BCUT2D eigenvalue weighted by Crippen LogP contribution is -2.26. The summed E-state index contributed by atoms with van der Waals surface area (Å²) in [5.41, 5.74) is 0.811. The third-order valence-electron chi connectivity index (χ3n) is 4.15. The molecule has 1 N–H and O–H groups in total.